The Labute approximate surface area is 130 Å². The number of carbonyl (C=O) groups excluding carboxylic acids is 2. The van der Waals surface area contributed by atoms with E-state index in [0.717, 1.165) is 5.56 Å². The summed E-state index contributed by atoms with van der Waals surface area (Å²) in [7, 11) is 0. The van der Waals surface area contributed by atoms with Crippen molar-refractivity contribution in [2.45, 2.75) is 19.4 Å². The highest BCUT2D eigenvalue weighted by Gasteiger charge is 2.38. The van der Waals surface area contributed by atoms with E-state index in [9.17, 15) is 9.59 Å². The smallest absolute Gasteiger partial charge is 0.228 e. The Morgan fingerprint density at radius 2 is 1.91 bits per heavy atom. The van der Waals surface area contributed by atoms with Gasteiger partial charge in [-0.2, -0.15) is 0 Å². The molecule has 3 rings (SSSR count). The summed E-state index contributed by atoms with van der Waals surface area (Å²) in [6, 6.07) is 9.97. The van der Waals surface area contributed by atoms with Crippen LogP contribution in [0.1, 0.15) is 24.9 Å². The van der Waals surface area contributed by atoms with Crippen molar-refractivity contribution in [3.63, 3.8) is 0 Å². The van der Waals surface area contributed by atoms with Crippen LogP contribution in [0.4, 0.5) is 0 Å². The van der Waals surface area contributed by atoms with E-state index >= 15 is 0 Å². The molecule has 2 amide bonds. The molecule has 0 unspecified atom stereocenters. The van der Waals surface area contributed by atoms with Crippen molar-refractivity contribution >= 4 is 11.8 Å². The summed E-state index contributed by atoms with van der Waals surface area (Å²) in [5.41, 5.74) is 1.11. The third kappa shape index (κ3) is 2.99. The zero-order valence-electron chi connectivity index (χ0n) is 12.9. The summed E-state index contributed by atoms with van der Waals surface area (Å²) in [5, 5.41) is 0. The van der Waals surface area contributed by atoms with Crippen LogP contribution >= 0.6 is 0 Å². The first kappa shape index (κ1) is 15.0. The lowest BCUT2D eigenvalue weighted by molar-refractivity contribution is -0.139. The Morgan fingerprint density at radius 3 is 2.59 bits per heavy atom. The van der Waals surface area contributed by atoms with Gasteiger partial charge < -0.3 is 14.5 Å². The van der Waals surface area contributed by atoms with Gasteiger partial charge in [-0.15, -0.1) is 0 Å². The first-order valence-corrected chi connectivity index (χ1v) is 7.88. The Morgan fingerprint density at radius 1 is 1.23 bits per heavy atom. The summed E-state index contributed by atoms with van der Waals surface area (Å²) in [5.74, 6) is -0.0425. The fourth-order valence-corrected chi connectivity index (χ4v) is 3.22. The molecule has 2 aliphatic rings. The van der Waals surface area contributed by atoms with Gasteiger partial charge in [0.25, 0.3) is 0 Å². The molecule has 5 nitrogen and oxygen atoms in total. The summed E-state index contributed by atoms with van der Waals surface area (Å²) in [6.07, 6.45) is 0.327. The van der Waals surface area contributed by atoms with E-state index in [1.165, 1.54) is 0 Å². The molecule has 2 saturated heterocycles. The number of rotatable bonds is 3. The molecule has 2 aliphatic heterocycles. The number of carbonyl (C=O) groups is 2. The van der Waals surface area contributed by atoms with Gasteiger partial charge in [0.05, 0.1) is 25.2 Å². The topological polar surface area (TPSA) is 49.9 Å². The average Bonchev–Trinajstić information content (AvgIpc) is 2.97. The van der Waals surface area contributed by atoms with E-state index in [-0.39, 0.29) is 23.8 Å². The van der Waals surface area contributed by atoms with Gasteiger partial charge in [-0.05, 0) is 12.5 Å². The molecule has 5 heteroatoms. The molecule has 2 atom stereocenters. The van der Waals surface area contributed by atoms with E-state index in [1.807, 2.05) is 47.1 Å². The van der Waals surface area contributed by atoms with Crippen LogP contribution in [-0.2, 0) is 14.3 Å². The predicted molar refractivity (Wildman–Crippen MR) is 82.1 cm³/mol. The number of hydrogen-bond acceptors (Lipinski definition) is 3. The number of amides is 2. The van der Waals surface area contributed by atoms with Crippen molar-refractivity contribution in [1.29, 1.82) is 0 Å². The SMILES string of the molecule is C[C@H](c1ccccc1)N1C[C@H](C(=O)N2CCOCC2)CC1=O. The maximum Gasteiger partial charge on any atom is 0.228 e. The van der Waals surface area contributed by atoms with Gasteiger partial charge >= 0.3 is 0 Å². The molecule has 0 aliphatic carbocycles. The number of ether oxygens (including phenoxy) is 1. The molecule has 118 valence electrons. The first-order valence-electron chi connectivity index (χ1n) is 7.88. The molecule has 0 bridgehead atoms. The number of morpholine rings is 1. The summed E-state index contributed by atoms with van der Waals surface area (Å²) in [4.78, 5) is 28.5. The Hall–Kier alpha value is -1.88. The Bertz CT molecular complexity index is 540. The quantitative estimate of drug-likeness (QED) is 0.849. The molecular formula is C17H22N2O3. The van der Waals surface area contributed by atoms with Crippen LogP contribution in [0.25, 0.3) is 0 Å². The highest BCUT2D eigenvalue weighted by molar-refractivity contribution is 5.89. The van der Waals surface area contributed by atoms with Crippen LogP contribution < -0.4 is 0 Å². The van der Waals surface area contributed by atoms with Crippen molar-refractivity contribution in [3.05, 3.63) is 35.9 Å². The largest absolute Gasteiger partial charge is 0.378 e. The van der Waals surface area contributed by atoms with Gasteiger partial charge in [-0.25, -0.2) is 0 Å². The maximum absolute atomic E-state index is 12.5. The summed E-state index contributed by atoms with van der Waals surface area (Å²) >= 11 is 0. The van der Waals surface area contributed by atoms with Gasteiger partial charge in [-0.3, -0.25) is 9.59 Å². The Balaban J connectivity index is 1.66. The maximum atomic E-state index is 12.5. The van der Waals surface area contributed by atoms with E-state index in [0.29, 0.717) is 39.3 Å². The van der Waals surface area contributed by atoms with Crippen LogP contribution in [0.2, 0.25) is 0 Å². The molecule has 1 aromatic rings. The standard InChI is InChI=1S/C17H22N2O3/c1-13(14-5-3-2-4-6-14)19-12-15(11-16(19)20)17(21)18-7-9-22-10-8-18/h2-6,13,15H,7-12H2,1H3/t13-,15-/m1/s1. The van der Waals surface area contributed by atoms with Crippen LogP contribution in [-0.4, -0.2) is 54.5 Å². The highest BCUT2D eigenvalue weighted by Crippen LogP contribution is 2.29. The number of hydrogen-bond donors (Lipinski definition) is 0. The molecule has 0 spiro atoms. The lowest BCUT2D eigenvalue weighted by atomic mass is 10.1. The molecule has 1 aromatic carbocycles. The number of benzene rings is 1. The molecule has 2 fully saturated rings. The zero-order chi connectivity index (χ0) is 15.5. The summed E-state index contributed by atoms with van der Waals surface area (Å²) in [6.45, 7) is 5.00. The third-order valence-electron chi connectivity index (χ3n) is 4.58. The van der Waals surface area contributed by atoms with Gasteiger partial charge in [0, 0.05) is 26.1 Å². The second-order valence-corrected chi connectivity index (χ2v) is 5.97. The summed E-state index contributed by atoms with van der Waals surface area (Å²) < 4.78 is 5.28. The van der Waals surface area contributed by atoms with Gasteiger partial charge in [0.15, 0.2) is 0 Å². The lowest BCUT2D eigenvalue weighted by Crippen LogP contribution is -2.44. The van der Waals surface area contributed by atoms with Crippen molar-refractivity contribution in [2.24, 2.45) is 5.92 Å². The van der Waals surface area contributed by atoms with Gasteiger partial charge in [-0.1, -0.05) is 30.3 Å². The van der Waals surface area contributed by atoms with Crippen molar-refractivity contribution in [3.8, 4) is 0 Å². The van der Waals surface area contributed by atoms with Crippen LogP contribution in [0, 0.1) is 5.92 Å². The molecule has 2 heterocycles. The second kappa shape index (κ2) is 6.48. The number of likely N-dealkylation sites (tertiary alicyclic amines) is 1. The van der Waals surface area contributed by atoms with Crippen LogP contribution in [0.15, 0.2) is 30.3 Å². The molecular weight excluding hydrogens is 280 g/mol. The van der Waals surface area contributed by atoms with Crippen LogP contribution in [0.5, 0.6) is 0 Å². The molecule has 0 radical (unpaired) electrons. The molecule has 22 heavy (non-hydrogen) atoms. The molecule has 0 N–H and O–H groups in total. The second-order valence-electron chi connectivity index (χ2n) is 5.97. The zero-order valence-corrected chi connectivity index (χ0v) is 12.9. The fraction of sp³-hybridized carbons (Fsp3) is 0.529. The van der Waals surface area contributed by atoms with E-state index in [2.05, 4.69) is 0 Å². The monoisotopic (exact) mass is 302 g/mol. The highest BCUT2D eigenvalue weighted by atomic mass is 16.5. The first-order chi connectivity index (χ1) is 10.7. The fourth-order valence-electron chi connectivity index (χ4n) is 3.22. The third-order valence-corrected chi connectivity index (χ3v) is 4.58. The molecule has 0 saturated carbocycles. The lowest BCUT2D eigenvalue weighted by Gasteiger charge is -2.29. The van der Waals surface area contributed by atoms with Crippen molar-refractivity contribution < 1.29 is 14.3 Å². The van der Waals surface area contributed by atoms with Gasteiger partial charge in [0.1, 0.15) is 0 Å². The van der Waals surface area contributed by atoms with Crippen LogP contribution in [0.3, 0.4) is 0 Å². The minimum atomic E-state index is -0.211. The van der Waals surface area contributed by atoms with E-state index in [4.69, 9.17) is 4.74 Å². The minimum absolute atomic E-state index is 0.0104. The Kier molecular flexibility index (Phi) is 4.43. The van der Waals surface area contributed by atoms with E-state index in [1.54, 1.807) is 0 Å². The van der Waals surface area contributed by atoms with E-state index < -0.39 is 0 Å². The average molecular weight is 302 g/mol. The van der Waals surface area contributed by atoms with Gasteiger partial charge in [0.2, 0.25) is 11.8 Å². The minimum Gasteiger partial charge on any atom is -0.378 e. The molecule has 0 aromatic heterocycles. The van der Waals surface area contributed by atoms with Crippen molar-refractivity contribution in [1.82, 2.24) is 9.80 Å². The predicted octanol–water partition coefficient (Wildman–Crippen LogP) is 1.45. The normalized spacial score (nSPS) is 23.7. The van der Waals surface area contributed by atoms with Crippen molar-refractivity contribution in [2.75, 3.05) is 32.8 Å². The number of nitrogens with zero attached hydrogens (tertiary/aromatic N) is 2.